The fourth-order valence-electron chi connectivity index (χ4n) is 4.05. The van der Waals surface area contributed by atoms with Crippen molar-refractivity contribution in [2.45, 2.75) is 25.2 Å². The van der Waals surface area contributed by atoms with Crippen molar-refractivity contribution in [3.05, 3.63) is 87.0 Å². The van der Waals surface area contributed by atoms with Gasteiger partial charge in [-0.3, -0.25) is 4.79 Å². The van der Waals surface area contributed by atoms with E-state index in [0.29, 0.717) is 11.1 Å². The minimum atomic E-state index is -0.0906. The van der Waals surface area contributed by atoms with Crippen LogP contribution in [0.5, 0.6) is 0 Å². The zero-order valence-electron chi connectivity index (χ0n) is 16.8. The average Bonchev–Trinajstić information content (AvgIpc) is 3.32. The van der Waals surface area contributed by atoms with Crippen LogP contribution in [0.2, 0.25) is 0 Å². The molecule has 1 N–H and O–H groups in total. The summed E-state index contributed by atoms with van der Waals surface area (Å²) in [4.78, 5) is 17.3. The van der Waals surface area contributed by atoms with Crippen LogP contribution in [0, 0.1) is 0 Å². The molecule has 5 rings (SSSR count). The number of fused-ring (bicyclic) bond motifs is 2. The van der Waals surface area contributed by atoms with Gasteiger partial charge in [-0.1, -0.05) is 49.0 Å². The van der Waals surface area contributed by atoms with E-state index in [0.717, 1.165) is 28.6 Å². The largest absolute Gasteiger partial charge is 0.506 e. The van der Waals surface area contributed by atoms with Crippen LogP contribution in [0.4, 0.5) is 5.69 Å². The number of thioether (sulfide) groups is 1. The Kier molecular flexibility index (Phi) is 4.80. The number of allylic oxidation sites excluding steroid dienone is 3. The van der Waals surface area contributed by atoms with Gasteiger partial charge in [-0.25, -0.2) is 0 Å². The molecule has 150 valence electrons. The Labute approximate surface area is 184 Å². The third-order valence-electron chi connectivity index (χ3n) is 5.58. The lowest BCUT2D eigenvalue weighted by molar-refractivity contribution is -0.113. The number of para-hydroxylation sites is 1. The number of carbonyl (C=O) groups excluding carboxylic acids is 1. The number of ketones is 1. The molecular weight excluding hydrogens is 410 g/mol. The Morgan fingerprint density at radius 3 is 2.57 bits per heavy atom. The summed E-state index contributed by atoms with van der Waals surface area (Å²) < 4.78 is 1.21. The molecule has 3 aromatic rings. The molecule has 0 atom stereocenters. The van der Waals surface area contributed by atoms with Crippen LogP contribution in [0.25, 0.3) is 16.2 Å². The molecule has 0 amide bonds. The number of aliphatic hydroxyl groups excluding tert-OH is 1. The predicted molar refractivity (Wildman–Crippen MR) is 127 cm³/mol. The van der Waals surface area contributed by atoms with Crippen molar-refractivity contribution in [2.75, 3.05) is 11.4 Å². The molecule has 2 aromatic carbocycles. The summed E-state index contributed by atoms with van der Waals surface area (Å²) in [7, 11) is 0. The fourth-order valence-corrected chi connectivity index (χ4v) is 6.46. The van der Waals surface area contributed by atoms with Crippen molar-refractivity contribution < 1.29 is 9.90 Å². The summed E-state index contributed by atoms with van der Waals surface area (Å²) in [5, 5.41) is 12.9. The Hall–Kier alpha value is -2.76. The molecule has 30 heavy (non-hydrogen) atoms. The van der Waals surface area contributed by atoms with Gasteiger partial charge in [0.1, 0.15) is 5.76 Å². The number of hydrogen-bond donors (Lipinski definition) is 1. The summed E-state index contributed by atoms with van der Waals surface area (Å²) in [6, 6.07) is 16.5. The smallest absolute Gasteiger partial charge is 0.200 e. The molecule has 0 fully saturated rings. The van der Waals surface area contributed by atoms with Crippen molar-refractivity contribution >= 4 is 50.7 Å². The van der Waals surface area contributed by atoms with E-state index in [1.165, 1.54) is 20.5 Å². The monoisotopic (exact) mass is 431 g/mol. The van der Waals surface area contributed by atoms with Gasteiger partial charge in [0.05, 0.1) is 21.9 Å². The zero-order valence-corrected chi connectivity index (χ0v) is 18.4. The highest BCUT2D eigenvalue weighted by molar-refractivity contribution is 8.03. The molecule has 1 aliphatic heterocycles. The molecule has 3 nitrogen and oxygen atoms in total. The first-order valence-electron chi connectivity index (χ1n) is 10.1. The summed E-state index contributed by atoms with van der Waals surface area (Å²) in [5.41, 5.74) is 3.19. The van der Waals surface area contributed by atoms with Crippen LogP contribution in [-0.4, -0.2) is 17.4 Å². The van der Waals surface area contributed by atoms with E-state index in [1.807, 2.05) is 36.4 Å². The Bertz CT molecular complexity index is 1280. The van der Waals surface area contributed by atoms with Gasteiger partial charge >= 0.3 is 0 Å². The zero-order chi connectivity index (χ0) is 20.8. The van der Waals surface area contributed by atoms with Crippen LogP contribution in [0.15, 0.2) is 81.4 Å². The quantitative estimate of drug-likeness (QED) is 0.466. The summed E-state index contributed by atoms with van der Waals surface area (Å²) in [6.07, 6.45) is 4.57. The number of Topliss-reactive ketones (excluding diaryl/α,β-unsaturated/α-hetero) is 1. The first-order valence-corrected chi connectivity index (χ1v) is 11.7. The maximum absolute atomic E-state index is 12.9. The molecule has 1 aliphatic carbocycles. The van der Waals surface area contributed by atoms with Crippen molar-refractivity contribution in [1.29, 1.82) is 0 Å². The minimum absolute atomic E-state index is 0.0906. The van der Waals surface area contributed by atoms with Gasteiger partial charge in [-0.2, -0.15) is 0 Å². The van der Waals surface area contributed by atoms with E-state index >= 15 is 0 Å². The first kappa shape index (κ1) is 19.2. The van der Waals surface area contributed by atoms with Gasteiger partial charge in [0.25, 0.3) is 0 Å². The molecule has 0 unspecified atom stereocenters. The summed E-state index contributed by atoms with van der Waals surface area (Å²) in [5.74, 6) is 0.00624. The van der Waals surface area contributed by atoms with Crippen LogP contribution in [0.1, 0.15) is 24.3 Å². The molecule has 2 heterocycles. The van der Waals surface area contributed by atoms with E-state index in [-0.39, 0.29) is 11.5 Å². The van der Waals surface area contributed by atoms with Crippen LogP contribution in [0.3, 0.4) is 0 Å². The topological polar surface area (TPSA) is 40.5 Å². The van der Waals surface area contributed by atoms with E-state index in [2.05, 4.69) is 43.0 Å². The van der Waals surface area contributed by atoms with Gasteiger partial charge in [0.15, 0.2) is 0 Å². The maximum atomic E-state index is 12.9. The second kappa shape index (κ2) is 7.49. The fraction of sp³-hybridized carbons (Fsp3) is 0.160. The van der Waals surface area contributed by atoms with E-state index in [9.17, 15) is 9.90 Å². The summed E-state index contributed by atoms with van der Waals surface area (Å²) in [6.45, 7) is 5.02. The second-order valence-corrected chi connectivity index (χ2v) is 9.39. The maximum Gasteiger partial charge on any atom is 0.200 e. The van der Waals surface area contributed by atoms with E-state index in [1.54, 1.807) is 23.1 Å². The number of nitrogens with zero attached hydrogens (tertiary/aromatic N) is 1. The third kappa shape index (κ3) is 2.92. The highest BCUT2D eigenvalue weighted by Crippen LogP contribution is 2.47. The van der Waals surface area contributed by atoms with Crippen LogP contribution >= 0.6 is 23.1 Å². The standard InChI is InChI=1S/C25H21NO2S2/c1-3-15-16-9-5-7-11-20(16)29-22(15)13-17-24(27)18(25(17)28)14-23-26(4-2)19-10-6-8-12-21(19)30-23/h5-14,27H,3-4H2,1-2H3/b17-13?,23-14-. The van der Waals surface area contributed by atoms with E-state index in [4.69, 9.17) is 0 Å². The lowest BCUT2D eigenvalue weighted by Gasteiger charge is -2.22. The highest BCUT2D eigenvalue weighted by Gasteiger charge is 2.34. The Morgan fingerprint density at radius 1 is 1.03 bits per heavy atom. The van der Waals surface area contributed by atoms with Gasteiger partial charge < -0.3 is 10.0 Å². The predicted octanol–water partition coefficient (Wildman–Crippen LogP) is 6.72. The average molecular weight is 432 g/mol. The molecule has 0 saturated carbocycles. The van der Waals surface area contributed by atoms with Crippen molar-refractivity contribution in [3.8, 4) is 0 Å². The minimum Gasteiger partial charge on any atom is -0.506 e. The normalized spacial score (nSPS) is 18.6. The highest BCUT2D eigenvalue weighted by atomic mass is 32.2. The van der Waals surface area contributed by atoms with Gasteiger partial charge in [0, 0.05) is 21.0 Å². The van der Waals surface area contributed by atoms with Crippen LogP contribution < -0.4 is 4.90 Å². The van der Waals surface area contributed by atoms with Crippen molar-refractivity contribution in [1.82, 2.24) is 0 Å². The lowest BCUT2D eigenvalue weighted by atomic mass is 9.87. The number of anilines is 1. The number of rotatable bonds is 4. The number of hydrogen-bond acceptors (Lipinski definition) is 5. The number of thiophene rings is 1. The first-order chi connectivity index (χ1) is 14.6. The Morgan fingerprint density at radius 2 is 1.80 bits per heavy atom. The molecule has 0 bridgehead atoms. The van der Waals surface area contributed by atoms with E-state index < -0.39 is 0 Å². The Balaban J connectivity index is 1.51. The molecule has 0 saturated heterocycles. The molecule has 0 spiro atoms. The number of aliphatic hydroxyl groups is 1. The SMILES string of the molecule is CCc1c(C=C2C(=O)C(/C=C3\Sc4ccccc4N3CC)=C2O)sc2ccccc12. The van der Waals surface area contributed by atoms with Gasteiger partial charge in [0.2, 0.25) is 5.78 Å². The van der Waals surface area contributed by atoms with Gasteiger partial charge in [-0.05, 0) is 54.6 Å². The third-order valence-corrected chi connectivity index (χ3v) is 7.85. The van der Waals surface area contributed by atoms with Crippen LogP contribution in [-0.2, 0) is 11.2 Å². The number of benzene rings is 2. The molecule has 5 heteroatoms. The van der Waals surface area contributed by atoms with Crippen molar-refractivity contribution in [2.24, 2.45) is 0 Å². The molecular formula is C25H21NO2S2. The second-order valence-electron chi connectivity index (χ2n) is 7.24. The number of carbonyl (C=O) groups is 1. The van der Waals surface area contributed by atoms with Crippen molar-refractivity contribution in [3.63, 3.8) is 0 Å². The molecule has 0 radical (unpaired) electrons. The lowest BCUT2D eigenvalue weighted by Crippen LogP contribution is -2.23. The molecule has 2 aliphatic rings. The molecule has 1 aromatic heterocycles. The summed E-state index contributed by atoms with van der Waals surface area (Å²) >= 11 is 3.31. The number of aryl methyl sites for hydroxylation is 1. The van der Waals surface area contributed by atoms with Gasteiger partial charge in [-0.15, -0.1) is 11.3 Å².